The number of rotatable bonds is 2. The molecule has 0 spiro atoms. The molecule has 19 heavy (non-hydrogen) atoms. The van der Waals surface area contributed by atoms with Gasteiger partial charge in [-0.15, -0.1) is 11.3 Å². The maximum absolute atomic E-state index is 12.3. The molecule has 100 valence electrons. The van der Waals surface area contributed by atoms with Gasteiger partial charge in [0.25, 0.3) is 0 Å². The first-order chi connectivity index (χ1) is 8.79. The summed E-state index contributed by atoms with van der Waals surface area (Å²) in [5.74, 6) is 0.0121. The van der Waals surface area contributed by atoms with Crippen LogP contribution in [0, 0.1) is 0 Å². The number of carbonyl (C=O) groups is 1. The van der Waals surface area contributed by atoms with E-state index in [1.54, 1.807) is 6.07 Å². The fraction of sp³-hybridized carbons (Fsp3) is 0.267. The molecule has 1 aromatic carbocycles. The minimum absolute atomic E-state index is 0.0121. The molecule has 0 fully saturated rings. The first-order valence-electron chi connectivity index (χ1n) is 5.89. The molecule has 0 radical (unpaired) electrons. The lowest BCUT2D eigenvalue weighted by Gasteiger charge is -2.18. The van der Waals surface area contributed by atoms with E-state index in [1.807, 2.05) is 24.3 Å². The Morgan fingerprint density at radius 1 is 1.21 bits per heavy atom. The second kappa shape index (κ2) is 5.39. The van der Waals surface area contributed by atoms with E-state index < -0.39 is 0 Å². The summed E-state index contributed by atoms with van der Waals surface area (Å²) in [6, 6.07) is 9.49. The van der Waals surface area contributed by atoms with Crippen LogP contribution in [0.1, 0.15) is 41.6 Å². The van der Waals surface area contributed by atoms with Gasteiger partial charge < -0.3 is 0 Å². The van der Waals surface area contributed by atoms with Crippen LogP contribution in [0.4, 0.5) is 0 Å². The minimum atomic E-state index is 0.0121. The minimum Gasteiger partial charge on any atom is -0.288 e. The lowest BCUT2D eigenvalue weighted by molar-refractivity contribution is 0.104. The highest BCUT2D eigenvalue weighted by Gasteiger charge is 2.17. The number of hydrogen-bond acceptors (Lipinski definition) is 2. The van der Waals surface area contributed by atoms with Crippen LogP contribution in [0.15, 0.2) is 34.1 Å². The molecule has 1 heterocycles. The summed E-state index contributed by atoms with van der Waals surface area (Å²) < 4.78 is 0.795. The van der Waals surface area contributed by atoms with Crippen molar-refractivity contribution in [2.24, 2.45) is 0 Å². The van der Waals surface area contributed by atoms with Crippen LogP contribution in [0.25, 0.3) is 0 Å². The fourth-order valence-electron chi connectivity index (χ4n) is 1.72. The molecule has 0 amide bonds. The molecule has 0 aliphatic carbocycles. The van der Waals surface area contributed by atoms with Crippen LogP contribution >= 0.6 is 38.9 Å². The summed E-state index contributed by atoms with van der Waals surface area (Å²) in [4.78, 5) is 13.0. The largest absolute Gasteiger partial charge is 0.288 e. The summed E-state index contributed by atoms with van der Waals surface area (Å²) in [5.41, 5.74) is 2.00. The molecular formula is C15H14BrClOS. The molecule has 1 nitrogen and oxygen atoms in total. The van der Waals surface area contributed by atoms with E-state index in [-0.39, 0.29) is 11.2 Å². The lowest BCUT2D eigenvalue weighted by atomic mass is 9.86. The van der Waals surface area contributed by atoms with Crippen molar-refractivity contribution < 1.29 is 4.79 Å². The van der Waals surface area contributed by atoms with Gasteiger partial charge in [0.05, 0.1) is 13.7 Å². The molecule has 0 bridgehead atoms. The molecule has 2 aromatic rings. The molecule has 1 aromatic heterocycles. The third kappa shape index (κ3) is 3.28. The average Bonchev–Trinajstić information content (AvgIpc) is 2.68. The number of benzene rings is 1. The van der Waals surface area contributed by atoms with Crippen molar-refractivity contribution >= 4 is 44.7 Å². The zero-order chi connectivity index (χ0) is 14.2. The first-order valence-corrected chi connectivity index (χ1v) is 7.88. The number of halogens is 2. The Morgan fingerprint density at radius 2 is 1.79 bits per heavy atom. The highest BCUT2D eigenvalue weighted by molar-refractivity contribution is 9.11. The SMILES string of the molecule is CC(C)(C)c1ccc(C(=O)c2cc(Cl)c(Br)s2)cc1. The van der Waals surface area contributed by atoms with Gasteiger partial charge in [-0.1, -0.05) is 56.6 Å². The predicted molar refractivity (Wildman–Crippen MR) is 85.6 cm³/mol. The van der Waals surface area contributed by atoms with Gasteiger partial charge in [-0.05, 0) is 33.0 Å². The van der Waals surface area contributed by atoms with E-state index in [1.165, 1.54) is 16.9 Å². The quantitative estimate of drug-likeness (QED) is 0.631. The van der Waals surface area contributed by atoms with Gasteiger partial charge in [-0.3, -0.25) is 4.79 Å². The van der Waals surface area contributed by atoms with Gasteiger partial charge in [0.15, 0.2) is 0 Å². The molecule has 0 unspecified atom stereocenters. The second-order valence-corrected chi connectivity index (χ2v) is 8.17. The molecule has 0 aliphatic rings. The van der Waals surface area contributed by atoms with Crippen molar-refractivity contribution in [2.45, 2.75) is 26.2 Å². The smallest absolute Gasteiger partial charge is 0.203 e. The molecule has 0 N–H and O–H groups in total. The monoisotopic (exact) mass is 356 g/mol. The van der Waals surface area contributed by atoms with Crippen molar-refractivity contribution in [3.05, 3.63) is 55.1 Å². The summed E-state index contributed by atoms with van der Waals surface area (Å²) in [6.07, 6.45) is 0. The Balaban J connectivity index is 2.30. The maximum atomic E-state index is 12.3. The molecule has 0 saturated heterocycles. The van der Waals surface area contributed by atoms with E-state index >= 15 is 0 Å². The zero-order valence-electron chi connectivity index (χ0n) is 11.0. The van der Waals surface area contributed by atoms with E-state index in [0.717, 1.165) is 3.79 Å². The van der Waals surface area contributed by atoms with Crippen LogP contribution in [0.5, 0.6) is 0 Å². The highest BCUT2D eigenvalue weighted by atomic mass is 79.9. The van der Waals surface area contributed by atoms with Crippen molar-refractivity contribution in [3.8, 4) is 0 Å². The Morgan fingerprint density at radius 3 is 2.21 bits per heavy atom. The third-order valence-electron chi connectivity index (χ3n) is 2.88. The Labute approximate surface area is 130 Å². The van der Waals surface area contributed by atoms with E-state index in [2.05, 4.69) is 36.7 Å². The Hall–Kier alpha value is -0.640. The van der Waals surface area contributed by atoms with Gasteiger partial charge in [0.2, 0.25) is 5.78 Å². The average molecular weight is 358 g/mol. The van der Waals surface area contributed by atoms with Gasteiger partial charge in [0.1, 0.15) is 0 Å². The summed E-state index contributed by atoms with van der Waals surface area (Å²) >= 11 is 10.6. The normalized spacial score (nSPS) is 11.6. The van der Waals surface area contributed by atoms with Crippen LogP contribution < -0.4 is 0 Å². The van der Waals surface area contributed by atoms with Gasteiger partial charge in [0, 0.05) is 5.56 Å². The number of ketones is 1. The second-order valence-electron chi connectivity index (χ2n) is 5.39. The predicted octanol–water partition coefficient (Wildman–Crippen LogP) is 5.69. The van der Waals surface area contributed by atoms with E-state index in [9.17, 15) is 4.79 Å². The van der Waals surface area contributed by atoms with Crippen LogP contribution in [-0.4, -0.2) is 5.78 Å². The van der Waals surface area contributed by atoms with Crippen LogP contribution in [0.2, 0.25) is 5.02 Å². The topological polar surface area (TPSA) is 17.1 Å². The van der Waals surface area contributed by atoms with Crippen molar-refractivity contribution in [1.82, 2.24) is 0 Å². The number of carbonyl (C=O) groups excluding carboxylic acids is 1. The van der Waals surface area contributed by atoms with Crippen molar-refractivity contribution in [3.63, 3.8) is 0 Å². The van der Waals surface area contributed by atoms with Gasteiger partial charge in [-0.2, -0.15) is 0 Å². The van der Waals surface area contributed by atoms with Crippen LogP contribution in [-0.2, 0) is 5.41 Å². The maximum Gasteiger partial charge on any atom is 0.203 e. The fourth-order valence-corrected chi connectivity index (χ4v) is 3.39. The molecule has 4 heteroatoms. The Kier molecular flexibility index (Phi) is 4.19. The Bertz CT molecular complexity index is 589. The van der Waals surface area contributed by atoms with Gasteiger partial charge in [-0.25, -0.2) is 0 Å². The van der Waals surface area contributed by atoms with Crippen LogP contribution in [0.3, 0.4) is 0 Å². The summed E-state index contributed by atoms with van der Waals surface area (Å²) in [7, 11) is 0. The first kappa shape index (κ1) is 14.8. The summed E-state index contributed by atoms with van der Waals surface area (Å²) in [5, 5.41) is 0.583. The van der Waals surface area contributed by atoms with E-state index in [4.69, 9.17) is 11.6 Å². The number of thiophene rings is 1. The standard InChI is InChI=1S/C15H14BrClOS/c1-15(2,3)10-6-4-9(5-7-10)13(18)12-8-11(17)14(16)19-12/h4-8H,1-3H3. The van der Waals surface area contributed by atoms with Gasteiger partial charge >= 0.3 is 0 Å². The summed E-state index contributed by atoms with van der Waals surface area (Å²) in [6.45, 7) is 6.46. The molecule has 2 rings (SSSR count). The molecule has 0 atom stereocenters. The lowest BCUT2D eigenvalue weighted by Crippen LogP contribution is -2.11. The highest BCUT2D eigenvalue weighted by Crippen LogP contribution is 2.33. The molecular weight excluding hydrogens is 344 g/mol. The molecule has 0 aliphatic heterocycles. The van der Waals surface area contributed by atoms with Crippen molar-refractivity contribution in [1.29, 1.82) is 0 Å². The zero-order valence-corrected chi connectivity index (χ0v) is 14.1. The molecule has 0 saturated carbocycles. The van der Waals surface area contributed by atoms with E-state index in [0.29, 0.717) is 15.5 Å². The number of hydrogen-bond donors (Lipinski definition) is 0. The third-order valence-corrected chi connectivity index (χ3v) is 5.36. The van der Waals surface area contributed by atoms with Crippen molar-refractivity contribution in [2.75, 3.05) is 0 Å².